The quantitative estimate of drug-likeness (QED) is 0.671. The van der Waals surface area contributed by atoms with Crippen LogP contribution in [0.15, 0.2) is 33.6 Å². The highest BCUT2D eigenvalue weighted by Gasteiger charge is 2.31. The van der Waals surface area contributed by atoms with Crippen molar-refractivity contribution >= 4 is 23.3 Å². The first-order valence-electron chi connectivity index (χ1n) is 10.9. The fourth-order valence-electron chi connectivity index (χ4n) is 4.59. The van der Waals surface area contributed by atoms with Crippen LogP contribution in [0, 0.1) is 32.6 Å². The van der Waals surface area contributed by atoms with E-state index in [2.05, 4.69) is 42.1 Å². The van der Waals surface area contributed by atoms with E-state index < -0.39 is 0 Å². The van der Waals surface area contributed by atoms with Gasteiger partial charge < -0.3 is 11.1 Å². The van der Waals surface area contributed by atoms with Gasteiger partial charge in [-0.05, 0) is 93.1 Å². The van der Waals surface area contributed by atoms with Gasteiger partial charge in [-0.3, -0.25) is 9.78 Å². The Hall–Kier alpha value is -2.14. The number of pyridine rings is 1. The zero-order valence-electron chi connectivity index (χ0n) is 18.5. The number of nitrogens with zero attached hydrogens (tertiary/aromatic N) is 2. The van der Waals surface area contributed by atoms with Crippen molar-refractivity contribution in [1.29, 1.82) is 0 Å². The molecule has 0 spiro atoms. The second-order valence-corrected chi connectivity index (χ2v) is 8.92. The summed E-state index contributed by atoms with van der Waals surface area (Å²) in [6.45, 7) is 8.97. The van der Waals surface area contributed by atoms with Crippen molar-refractivity contribution in [2.45, 2.75) is 66.2 Å². The third kappa shape index (κ3) is 5.12. The maximum Gasteiger partial charge on any atom is 0.220 e. The number of nitrogens with two attached hydrogens (primary N) is 1. The lowest BCUT2D eigenvalue weighted by Crippen LogP contribution is -2.26. The highest BCUT2D eigenvalue weighted by molar-refractivity contribution is 6.30. The summed E-state index contributed by atoms with van der Waals surface area (Å²) >= 11 is 6.62. The number of aliphatic imine (C=N–C) groups is 1. The Balaban J connectivity index is 1.90. The minimum absolute atomic E-state index is 0.0627. The Kier molecular flexibility index (Phi) is 7.35. The smallest absolute Gasteiger partial charge is 0.220 e. The maximum atomic E-state index is 12.4. The molecule has 0 aromatic carbocycles. The van der Waals surface area contributed by atoms with Crippen LogP contribution in [0.3, 0.4) is 0 Å². The molecule has 6 heteroatoms. The lowest BCUT2D eigenvalue weighted by atomic mass is 9.87. The number of amides is 1. The first-order valence-corrected chi connectivity index (χ1v) is 11.3. The zero-order valence-corrected chi connectivity index (χ0v) is 19.3. The summed E-state index contributed by atoms with van der Waals surface area (Å²) in [5, 5.41) is 3.38. The Labute approximate surface area is 184 Å². The fraction of sp³-hybridized carbons (Fsp3) is 0.542. The molecule has 2 unspecified atom stereocenters. The molecule has 162 valence electrons. The number of nitrogens with one attached hydrogen (secondary N) is 1. The van der Waals surface area contributed by atoms with E-state index in [1.165, 1.54) is 22.3 Å². The summed E-state index contributed by atoms with van der Waals surface area (Å²) in [5.74, 6) is 1.12. The van der Waals surface area contributed by atoms with Crippen molar-refractivity contribution in [3.63, 3.8) is 0 Å². The summed E-state index contributed by atoms with van der Waals surface area (Å²) in [6.07, 6.45) is 9.08. The summed E-state index contributed by atoms with van der Waals surface area (Å²) in [6, 6.07) is 0. The summed E-state index contributed by atoms with van der Waals surface area (Å²) in [5.41, 5.74) is 13.3. The molecule has 0 saturated heterocycles. The maximum absolute atomic E-state index is 12.4. The van der Waals surface area contributed by atoms with Crippen molar-refractivity contribution in [2.24, 2.45) is 22.6 Å². The van der Waals surface area contributed by atoms with Crippen molar-refractivity contribution in [3.05, 3.63) is 51.0 Å². The number of aromatic nitrogens is 1. The third-order valence-corrected chi connectivity index (χ3v) is 6.81. The predicted molar refractivity (Wildman–Crippen MR) is 123 cm³/mol. The van der Waals surface area contributed by atoms with Gasteiger partial charge in [0.25, 0.3) is 0 Å². The van der Waals surface area contributed by atoms with Crippen LogP contribution in [0.5, 0.6) is 0 Å². The monoisotopic (exact) mass is 428 g/mol. The average molecular weight is 429 g/mol. The first kappa shape index (κ1) is 22.5. The van der Waals surface area contributed by atoms with Crippen molar-refractivity contribution in [1.82, 2.24) is 10.3 Å². The highest BCUT2D eigenvalue weighted by atomic mass is 35.5. The Morgan fingerprint density at radius 2 is 2.03 bits per heavy atom. The van der Waals surface area contributed by atoms with Crippen LogP contribution in [0.2, 0.25) is 0 Å². The molecule has 5 nitrogen and oxygen atoms in total. The first-order chi connectivity index (χ1) is 14.3. The summed E-state index contributed by atoms with van der Waals surface area (Å²) < 4.78 is 0. The number of carbonyl (C=O) groups excluding carboxylic acids is 1. The molecule has 1 amide bonds. The Morgan fingerprint density at radius 1 is 1.27 bits per heavy atom. The van der Waals surface area contributed by atoms with Gasteiger partial charge in [0.2, 0.25) is 5.91 Å². The van der Waals surface area contributed by atoms with E-state index in [4.69, 9.17) is 17.3 Å². The number of rotatable bonds is 5. The molecule has 0 radical (unpaired) electrons. The molecule has 0 bridgehead atoms. The van der Waals surface area contributed by atoms with Gasteiger partial charge in [0.05, 0.1) is 0 Å². The van der Waals surface area contributed by atoms with E-state index in [0.29, 0.717) is 36.3 Å². The van der Waals surface area contributed by atoms with Gasteiger partial charge >= 0.3 is 0 Å². The number of allylic oxidation sites excluding steroid dienone is 2. The number of carbonyl (C=O) groups is 1. The van der Waals surface area contributed by atoms with E-state index in [0.717, 1.165) is 37.0 Å². The number of amidine groups is 1. The summed E-state index contributed by atoms with van der Waals surface area (Å²) in [4.78, 5) is 21.4. The topological polar surface area (TPSA) is 80.4 Å². The highest BCUT2D eigenvalue weighted by Crippen LogP contribution is 2.42. The minimum Gasteiger partial charge on any atom is -0.387 e. The second-order valence-electron chi connectivity index (χ2n) is 8.57. The van der Waals surface area contributed by atoms with Gasteiger partial charge in [-0.1, -0.05) is 17.7 Å². The second kappa shape index (κ2) is 9.78. The van der Waals surface area contributed by atoms with Gasteiger partial charge in [0, 0.05) is 31.3 Å². The van der Waals surface area contributed by atoms with E-state index in [1.54, 1.807) is 0 Å². The molecule has 1 aliphatic heterocycles. The van der Waals surface area contributed by atoms with Crippen molar-refractivity contribution in [2.75, 3.05) is 6.54 Å². The molecule has 1 fully saturated rings. The minimum atomic E-state index is 0.0627. The molecule has 30 heavy (non-hydrogen) atoms. The van der Waals surface area contributed by atoms with Crippen LogP contribution in [0.25, 0.3) is 0 Å². The molecule has 2 atom stereocenters. The lowest BCUT2D eigenvalue weighted by molar-refractivity contribution is -0.121. The van der Waals surface area contributed by atoms with Gasteiger partial charge in [-0.2, -0.15) is 0 Å². The molecule has 1 aliphatic carbocycles. The Bertz CT molecular complexity index is 916. The van der Waals surface area contributed by atoms with Crippen LogP contribution in [-0.4, -0.2) is 23.3 Å². The molecule has 1 aromatic rings. The average Bonchev–Trinajstić information content (AvgIpc) is 2.94. The largest absolute Gasteiger partial charge is 0.387 e. The van der Waals surface area contributed by atoms with Crippen LogP contribution in [0.1, 0.15) is 61.4 Å². The number of halogens is 1. The van der Waals surface area contributed by atoms with Gasteiger partial charge in [0.15, 0.2) is 0 Å². The number of hydrogen-bond donors (Lipinski definition) is 2. The van der Waals surface area contributed by atoms with Crippen LogP contribution < -0.4 is 11.1 Å². The lowest BCUT2D eigenvalue weighted by Gasteiger charge is -2.19. The van der Waals surface area contributed by atoms with Crippen LogP contribution in [0.4, 0.5) is 0 Å². The predicted octanol–water partition coefficient (Wildman–Crippen LogP) is 4.63. The SMILES string of the molecule is CCNC(=O)CC1CCC(Cc2cnc(C)c(C)c2C)CC2=CCC(N)=NC(Cl)=C21. The van der Waals surface area contributed by atoms with E-state index in [1.807, 2.05) is 13.1 Å². The molecular weight excluding hydrogens is 396 g/mol. The molecule has 2 aliphatic rings. The standard InChI is InChI=1S/C24H33ClN4O/c1-5-27-22(30)12-19-7-6-17(11-20-13-28-16(4)14(2)15(20)3)10-18-8-9-21(26)29-24(25)23(18)19/h8,13,17,19H,5-7,9-12H2,1-4H3,(H2,26,29)(H,27,30). The van der Waals surface area contributed by atoms with Gasteiger partial charge in [0.1, 0.15) is 11.0 Å². The van der Waals surface area contributed by atoms with Crippen LogP contribution >= 0.6 is 11.6 Å². The van der Waals surface area contributed by atoms with E-state index in [-0.39, 0.29) is 11.8 Å². The molecule has 1 saturated carbocycles. The summed E-state index contributed by atoms with van der Waals surface area (Å²) in [7, 11) is 0. The van der Waals surface area contributed by atoms with Crippen molar-refractivity contribution in [3.8, 4) is 0 Å². The third-order valence-electron chi connectivity index (χ3n) is 6.52. The number of fused-ring (bicyclic) bond motifs is 1. The van der Waals surface area contributed by atoms with Gasteiger partial charge in [-0.25, -0.2) is 4.99 Å². The molecule has 3 rings (SSSR count). The molecular formula is C24H33ClN4O. The molecule has 2 heterocycles. The normalized spacial score (nSPS) is 21.9. The Morgan fingerprint density at radius 3 is 2.77 bits per heavy atom. The van der Waals surface area contributed by atoms with E-state index in [9.17, 15) is 4.79 Å². The molecule has 1 aromatic heterocycles. The van der Waals surface area contributed by atoms with Gasteiger partial charge in [-0.15, -0.1) is 0 Å². The van der Waals surface area contributed by atoms with E-state index >= 15 is 0 Å². The molecule has 3 N–H and O–H groups in total. The fourth-order valence-corrected chi connectivity index (χ4v) is 4.97. The van der Waals surface area contributed by atoms with Crippen molar-refractivity contribution < 1.29 is 4.79 Å². The zero-order chi connectivity index (χ0) is 21.8. The van der Waals surface area contributed by atoms with Crippen LogP contribution in [-0.2, 0) is 11.2 Å². The number of hydrogen-bond acceptors (Lipinski definition) is 4. The number of aryl methyl sites for hydroxylation is 1.